The largest absolute Gasteiger partial charge is 0.395 e. The van der Waals surface area contributed by atoms with Gasteiger partial charge in [0.15, 0.2) is 0 Å². The molecule has 2 rings (SSSR count). The van der Waals surface area contributed by atoms with E-state index in [-0.39, 0.29) is 37.3 Å². The topological polar surface area (TPSA) is 60.8 Å². The van der Waals surface area contributed by atoms with Crippen LogP contribution in [-0.4, -0.2) is 40.3 Å². The molecule has 116 valence electrons. The van der Waals surface area contributed by atoms with E-state index < -0.39 is 6.10 Å². The van der Waals surface area contributed by atoms with Crippen molar-refractivity contribution in [2.75, 3.05) is 13.2 Å². The molecule has 0 unspecified atom stereocenters. The van der Waals surface area contributed by atoms with Gasteiger partial charge < -0.3 is 15.1 Å². The van der Waals surface area contributed by atoms with Gasteiger partial charge in [-0.25, -0.2) is 4.39 Å². The third-order valence-electron chi connectivity index (χ3n) is 4.00. The van der Waals surface area contributed by atoms with Crippen LogP contribution in [0.5, 0.6) is 0 Å². The molecule has 2 N–H and O–H groups in total. The van der Waals surface area contributed by atoms with Crippen LogP contribution in [0.1, 0.15) is 31.2 Å². The second-order valence-corrected chi connectivity index (χ2v) is 5.59. The molecule has 4 nitrogen and oxygen atoms in total. The smallest absolute Gasteiger partial charge is 0.226 e. The number of carbonyl (C=O) groups is 1. The van der Waals surface area contributed by atoms with Crippen LogP contribution in [-0.2, 0) is 11.3 Å². The molecular weight excluding hydrogens is 273 g/mol. The van der Waals surface area contributed by atoms with Gasteiger partial charge in [0.1, 0.15) is 5.82 Å². The monoisotopic (exact) mass is 295 g/mol. The molecule has 21 heavy (non-hydrogen) atoms. The molecule has 1 saturated carbocycles. The average molecular weight is 295 g/mol. The maximum absolute atomic E-state index is 13.7. The molecule has 1 aromatic carbocycles. The maximum atomic E-state index is 13.7. The minimum Gasteiger partial charge on any atom is -0.395 e. The van der Waals surface area contributed by atoms with E-state index in [0.717, 1.165) is 19.3 Å². The minimum atomic E-state index is -0.433. The second kappa shape index (κ2) is 7.52. The van der Waals surface area contributed by atoms with Crippen molar-refractivity contribution in [1.82, 2.24) is 4.90 Å². The van der Waals surface area contributed by atoms with Gasteiger partial charge in [-0.2, -0.15) is 0 Å². The van der Waals surface area contributed by atoms with Gasteiger partial charge in [-0.1, -0.05) is 24.6 Å². The van der Waals surface area contributed by atoms with Crippen LogP contribution in [0, 0.1) is 11.7 Å². The Morgan fingerprint density at radius 1 is 1.33 bits per heavy atom. The molecule has 1 amide bonds. The summed E-state index contributed by atoms with van der Waals surface area (Å²) in [7, 11) is 0. The van der Waals surface area contributed by atoms with E-state index in [1.165, 1.54) is 11.0 Å². The molecular formula is C16H22FNO3. The van der Waals surface area contributed by atoms with Crippen LogP contribution in [0.2, 0.25) is 0 Å². The summed E-state index contributed by atoms with van der Waals surface area (Å²) in [5.74, 6) is -0.685. The van der Waals surface area contributed by atoms with Gasteiger partial charge in [0, 0.05) is 24.6 Å². The lowest BCUT2D eigenvalue weighted by Crippen LogP contribution is -2.40. The number of aliphatic hydroxyl groups is 2. The zero-order valence-electron chi connectivity index (χ0n) is 12.0. The SMILES string of the molecule is O=C([C@H]1CCC[C@H](O)C1)N(CCO)Cc1ccccc1F. The average Bonchev–Trinajstić information content (AvgIpc) is 2.48. The lowest BCUT2D eigenvalue weighted by Gasteiger charge is -2.31. The van der Waals surface area contributed by atoms with Crippen molar-refractivity contribution in [1.29, 1.82) is 0 Å². The van der Waals surface area contributed by atoms with E-state index in [1.807, 2.05) is 0 Å². The van der Waals surface area contributed by atoms with Crippen molar-refractivity contribution in [3.8, 4) is 0 Å². The molecule has 1 aromatic rings. The lowest BCUT2D eigenvalue weighted by atomic mass is 9.86. The fourth-order valence-electron chi connectivity index (χ4n) is 2.87. The van der Waals surface area contributed by atoms with E-state index in [2.05, 4.69) is 0 Å². The van der Waals surface area contributed by atoms with Crippen LogP contribution in [0.3, 0.4) is 0 Å². The van der Waals surface area contributed by atoms with Gasteiger partial charge in [-0.3, -0.25) is 4.79 Å². The normalized spacial score (nSPS) is 22.0. The van der Waals surface area contributed by atoms with Gasteiger partial charge in [0.05, 0.1) is 12.7 Å². The van der Waals surface area contributed by atoms with Crippen molar-refractivity contribution >= 4 is 5.91 Å². The van der Waals surface area contributed by atoms with E-state index in [0.29, 0.717) is 12.0 Å². The zero-order chi connectivity index (χ0) is 15.2. The fraction of sp³-hybridized carbons (Fsp3) is 0.562. The molecule has 1 fully saturated rings. The molecule has 1 aliphatic carbocycles. The van der Waals surface area contributed by atoms with Crippen LogP contribution in [0.25, 0.3) is 0 Å². The molecule has 1 aliphatic rings. The summed E-state index contributed by atoms with van der Waals surface area (Å²) in [6.45, 7) is 0.174. The van der Waals surface area contributed by atoms with Crippen LogP contribution in [0.4, 0.5) is 4.39 Å². The first kappa shape index (κ1) is 15.9. The van der Waals surface area contributed by atoms with Crippen LogP contribution >= 0.6 is 0 Å². The zero-order valence-corrected chi connectivity index (χ0v) is 12.0. The maximum Gasteiger partial charge on any atom is 0.226 e. The van der Waals surface area contributed by atoms with E-state index in [9.17, 15) is 14.3 Å². The molecule has 0 saturated heterocycles. The van der Waals surface area contributed by atoms with E-state index in [4.69, 9.17) is 5.11 Å². The van der Waals surface area contributed by atoms with E-state index in [1.54, 1.807) is 18.2 Å². The number of carbonyl (C=O) groups excluding carboxylic acids is 1. The van der Waals surface area contributed by atoms with Crippen molar-refractivity contribution in [2.24, 2.45) is 5.92 Å². The Morgan fingerprint density at radius 2 is 2.10 bits per heavy atom. The van der Waals surface area contributed by atoms with Crippen molar-refractivity contribution < 1.29 is 19.4 Å². The molecule has 0 bridgehead atoms. The van der Waals surface area contributed by atoms with Gasteiger partial charge in [-0.15, -0.1) is 0 Å². The van der Waals surface area contributed by atoms with Crippen LogP contribution < -0.4 is 0 Å². The summed E-state index contributed by atoms with van der Waals surface area (Å²) in [4.78, 5) is 14.0. The molecule has 0 radical (unpaired) electrons. The summed E-state index contributed by atoms with van der Waals surface area (Å²) in [6, 6.07) is 6.34. The summed E-state index contributed by atoms with van der Waals surface area (Å²) in [5, 5.41) is 18.8. The molecule has 5 heteroatoms. The predicted molar refractivity (Wildman–Crippen MR) is 76.9 cm³/mol. The number of nitrogens with zero attached hydrogens (tertiary/aromatic N) is 1. The molecule has 2 atom stereocenters. The Morgan fingerprint density at radius 3 is 2.76 bits per heavy atom. The summed E-state index contributed by atoms with van der Waals surface area (Å²) < 4.78 is 13.7. The third kappa shape index (κ3) is 4.25. The van der Waals surface area contributed by atoms with Crippen molar-refractivity contribution in [2.45, 2.75) is 38.3 Å². The molecule has 0 aromatic heterocycles. The Hall–Kier alpha value is -1.46. The first-order valence-corrected chi connectivity index (χ1v) is 7.43. The Labute approximate surface area is 124 Å². The summed E-state index contributed by atoms with van der Waals surface area (Å²) >= 11 is 0. The fourth-order valence-corrected chi connectivity index (χ4v) is 2.87. The highest BCUT2D eigenvalue weighted by atomic mass is 19.1. The number of benzene rings is 1. The number of hydrogen-bond donors (Lipinski definition) is 2. The minimum absolute atomic E-state index is 0.106. The summed E-state index contributed by atoms with van der Waals surface area (Å²) in [5.41, 5.74) is 0.440. The van der Waals surface area contributed by atoms with Gasteiger partial charge in [0.25, 0.3) is 0 Å². The number of halogens is 1. The third-order valence-corrected chi connectivity index (χ3v) is 4.00. The van der Waals surface area contributed by atoms with E-state index >= 15 is 0 Å². The quantitative estimate of drug-likeness (QED) is 0.869. The number of rotatable bonds is 5. The Bertz CT molecular complexity index is 480. The molecule has 0 spiro atoms. The van der Waals surface area contributed by atoms with Gasteiger partial charge in [0.2, 0.25) is 5.91 Å². The van der Waals surface area contributed by atoms with Crippen molar-refractivity contribution in [3.05, 3.63) is 35.6 Å². The first-order valence-electron chi connectivity index (χ1n) is 7.43. The first-order chi connectivity index (χ1) is 10.1. The highest BCUT2D eigenvalue weighted by Gasteiger charge is 2.29. The number of aliphatic hydroxyl groups excluding tert-OH is 2. The highest BCUT2D eigenvalue weighted by molar-refractivity contribution is 5.79. The number of hydrogen-bond acceptors (Lipinski definition) is 3. The lowest BCUT2D eigenvalue weighted by molar-refractivity contribution is -0.139. The Kier molecular flexibility index (Phi) is 5.70. The predicted octanol–water partition coefficient (Wildman–Crippen LogP) is 1.70. The molecule has 0 aliphatic heterocycles. The highest BCUT2D eigenvalue weighted by Crippen LogP contribution is 2.26. The Balaban J connectivity index is 2.07. The van der Waals surface area contributed by atoms with Crippen molar-refractivity contribution in [3.63, 3.8) is 0 Å². The summed E-state index contributed by atoms with van der Waals surface area (Å²) in [6.07, 6.45) is 2.33. The molecule has 0 heterocycles. The standard InChI is InChI=1S/C16H22FNO3/c17-15-7-2-1-4-13(15)11-18(8-9-19)16(21)12-5-3-6-14(20)10-12/h1-2,4,7,12,14,19-20H,3,5-6,8-11H2/t12-,14-/m0/s1. The second-order valence-electron chi connectivity index (χ2n) is 5.59. The van der Waals surface area contributed by atoms with Crippen LogP contribution in [0.15, 0.2) is 24.3 Å². The van der Waals surface area contributed by atoms with Gasteiger partial charge >= 0.3 is 0 Å². The number of amides is 1. The van der Waals surface area contributed by atoms with Gasteiger partial charge in [-0.05, 0) is 25.3 Å².